The van der Waals surface area contributed by atoms with Gasteiger partial charge in [-0.2, -0.15) is 10.2 Å². The second kappa shape index (κ2) is 8.42. The molecule has 0 atom stereocenters. The van der Waals surface area contributed by atoms with Crippen LogP contribution >= 0.6 is 0 Å². The molecule has 2 aromatic carbocycles. The molecule has 2 aromatic rings. The first kappa shape index (κ1) is 19.6. The number of hydrogen-bond donors (Lipinski definition) is 1. The third-order valence-corrected chi connectivity index (χ3v) is 3.50. The molecular formula is C14H13N2NaO5S. The predicted octanol–water partition coefficient (Wildman–Crippen LogP) is 0.114. The average molecular weight is 344 g/mol. The summed E-state index contributed by atoms with van der Waals surface area (Å²) in [6.45, 7) is 2.19. The summed E-state index contributed by atoms with van der Waals surface area (Å²) >= 11 is 0. The number of phenolic OH excluding ortho intramolecular Hbond substituents is 1. The topological polar surface area (TPSA) is 111 Å². The molecule has 0 aliphatic rings. The molecule has 0 radical (unpaired) electrons. The van der Waals surface area contributed by atoms with Gasteiger partial charge in [0.25, 0.3) is 0 Å². The van der Waals surface area contributed by atoms with Crippen LogP contribution in [0, 0.1) is 0 Å². The van der Waals surface area contributed by atoms with E-state index in [1.165, 1.54) is 36.4 Å². The largest absolute Gasteiger partial charge is 1.00 e. The molecule has 0 saturated carbocycles. The van der Waals surface area contributed by atoms with Gasteiger partial charge in [-0.3, -0.25) is 0 Å². The van der Waals surface area contributed by atoms with Crippen LogP contribution in [0.5, 0.6) is 11.5 Å². The fraction of sp³-hybridized carbons (Fsp3) is 0.143. The maximum Gasteiger partial charge on any atom is 1.00 e. The van der Waals surface area contributed by atoms with Crippen LogP contribution in [0.25, 0.3) is 0 Å². The molecule has 0 aliphatic heterocycles. The Morgan fingerprint density at radius 1 is 1.09 bits per heavy atom. The standard InChI is InChI=1S/C14H14N2O5S.Na/c1-2-21-14-9-11(5-8-13(14)17)16-15-10-3-6-12(7-4-10)22(18,19)20;/h3-9,17H,2H2,1H3,(H,18,19,20);/q;+1/p-1. The molecule has 0 aromatic heterocycles. The van der Waals surface area contributed by atoms with Gasteiger partial charge in [-0.25, -0.2) is 8.42 Å². The molecule has 1 N–H and O–H groups in total. The predicted molar refractivity (Wildman–Crippen MR) is 77.9 cm³/mol. The van der Waals surface area contributed by atoms with Gasteiger partial charge in [0.1, 0.15) is 10.1 Å². The van der Waals surface area contributed by atoms with Crippen molar-refractivity contribution >= 4 is 21.5 Å². The number of ether oxygens (including phenoxy) is 1. The molecule has 0 bridgehead atoms. The van der Waals surface area contributed by atoms with E-state index in [0.29, 0.717) is 23.7 Å². The Morgan fingerprint density at radius 3 is 2.22 bits per heavy atom. The first-order valence-electron chi connectivity index (χ1n) is 6.33. The van der Waals surface area contributed by atoms with E-state index in [-0.39, 0.29) is 40.2 Å². The zero-order valence-electron chi connectivity index (χ0n) is 12.6. The molecule has 116 valence electrons. The summed E-state index contributed by atoms with van der Waals surface area (Å²) < 4.78 is 37.7. The molecule has 9 heteroatoms. The van der Waals surface area contributed by atoms with Crippen molar-refractivity contribution in [3.8, 4) is 11.5 Å². The van der Waals surface area contributed by atoms with Crippen LogP contribution in [-0.4, -0.2) is 24.7 Å². The molecular weight excluding hydrogens is 331 g/mol. The normalized spacial score (nSPS) is 11.2. The molecule has 23 heavy (non-hydrogen) atoms. The molecule has 0 fully saturated rings. The summed E-state index contributed by atoms with van der Waals surface area (Å²) in [6.07, 6.45) is 0. The first-order chi connectivity index (χ1) is 10.4. The summed E-state index contributed by atoms with van der Waals surface area (Å²) in [5.74, 6) is 0.303. The van der Waals surface area contributed by atoms with E-state index in [4.69, 9.17) is 4.74 Å². The number of aromatic hydroxyl groups is 1. The Balaban J connectivity index is 0.00000264. The summed E-state index contributed by atoms with van der Waals surface area (Å²) in [5.41, 5.74) is 0.847. The van der Waals surface area contributed by atoms with Crippen molar-refractivity contribution in [1.82, 2.24) is 0 Å². The molecule has 7 nitrogen and oxygen atoms in total. The van der Waals surface area contributed by atoms with Crippen LogP contribution in [0.3, 0.4) is 0 Å². The van der Waals surface area contributed by atoms with Crippen LogP contribution in [-0.2, 0) is 10.1 Å². The minimum Gasteiger partial charge on any atom is -0.744 e. The third kappa shape index (κ3) is 5.60. The quantitative estimate of drug-likeness (QED) is 0.470. The van der Waals surface area contributed by atoms with Gasteiger partial charge in [0.2, 0.25) is 0 Å². The number of azo groups is 1. The van der Waals surface area contributed by atoms with Crippen LogP contribution in [0.4, 0.5) is 11.4 Å². The molecule has 0 heterocycles. The molecule has 0 saturated heterocycles. The minimum absolute atomic E-state index is 0. The van der Waals surface area contributed by atoms with Gasteiger partial charge in [-0.1, -0.05) is 0 Å². The molecule has 0 unspecified atom stereocenters. The number of phenols is 1. The van der Waals surface area contributed by atoms with E-state index in [9.17, 15) is 18.1 Å². The van der Waals surface area contributed by atoms with E-state index in [0.717, 1.165) is 0 Å². The zero-order valence-corrected chi connectivity index (χ0v) is 15.4. The van der Waals surface area contributed by atoms with E-state index >= 15 is 0 Å². The summed E-state index contributed by atoms with van der Waals surface area (Å²) in [6, 6.07) is 9.59. The van der Waals surface area contributed by atoms with Gasteiger partial charge in [0.15, 0.2) is 11.5 Å². The Bertz CT molecular complexity index is 791. The van der Waals surface area contributed by atoms with E-state index in [2.05, 4.69) is 10.2 Å². The summed E-state index contributed by atoms with van der Waals surface area (Å²) in [7, 11) is -4.47. The van der Waals surface area contributed by atoms with Crippen molar-refractivity contribution in [3.05, 3.63) is 42.5 Å². The van der Waals surface area contributed by atoms with Crippen molar-refractivity contribution in [1.29, 1.82) is 0 Å². The Hall–Kier alpha value is -1.45. The maximum atomic E-state index is 10.8. The van der Waals surface area contributed by atoms with E-state index in [1.807, 2.05) is 0 Å². The minimum atomic E-state index is -4.47. The monoisotopic (exact) mass is 344 g/mol. The smallest absolute Gasteiger partial charge is 0.744 e. The van der Waals surface area contributed by atoms with Crippen LogP contribution in [0.1, 0.15) is 6.92 Å². The average Bonchev–Trinajstić information content (AvgIpc) is 2.48. The molecule has 2 rings (SSSR count). The fourth-order valence-electron chi connectivity index (χ4n) is 1.63. The summed E-state index contributed by atoms with van der Waals surface area (Å²) in [4.78, 5) is -0.324. The van der Waals surface area contributed by atoms with Crippen molar-refractivity contribution in [2.75, 3.05) is 6.61 Å². The van der Waals surface area contributed by atoms with Gasteiger partial charge in [-0.15, -0.1) is 0 Å². The maximum absolute atomic E-state index is 10.8. The zero-order chi connectivity index (χ0) is 16.2. The van der Waals surface area contributed by atoms with Gasteiger partial charge in [0, 0.05) is 6.07 Å². The summed E-state index contributed by atoms with van der Waals surface area (Å²) in [5, 5.41) is 17.5. The van der Waals surface area contributed by atoms with Gasteiger partial charge in [0.05, 0.1) is 22.9 Å². The van der Waals surface area contributed by atoms with Crippen molar-refractivity contribution < 1.29 is 52.4 Å². The number of benzene rings is 2. The van der Waals surface area contributed by atoms with Crippen LogP contribution in [0.2, 0.25) is 0 Å². The van der Waals surface area contributed by atoms with E-state index < -0.39 is 10.1 Å². The number of nitrogens with zero attached hydrogens (tertiary/aromatic N) is 2. The van der Waals surface area contributed by atoms with Crippen molar-refractivity contribution in [2.45, 2.75) is 11.8 Å². The second-order valence-corrected chi connectivity index (χ2v) is 5.61. The molecule has 0 spiro atoms. The Kier molecular flexibility index (Phi) is 7.17. The number of rotatable bonds is 5. The first-order valence-corrected chi connectivity index (χ1v) is 7.74. The Labute approximate surface area is 156 Å². The van der Waals surface area contributed by atoms with E-state index in [1.54, 1.807) is 13.0 Å². The van der Waals surface area contributed by atoms with Crippen LogP contribution in [0.15, 0.2) is 57.6 Å². The molecule has 0 amide bonds. The van der Waals surface area contributed by atoms with Gasteiger partial charge < -0.3 is 14.4 Å². The van der Waals surface area contributed by atoms with Crippen molar-refractivity contribution in [3.63, 3.8) is 0 Å². The van der Waals surface area contributed by atoms with Crippen molar-refractivity contribution in [2.24, 2.45) is 10.2 Å². The van der Waals surface area contributed by atoms with Gasteiger partial charge >= 0.3 is 29.6 Å². The fourth-order valence-corrected chi connectivity index (χ4v) is 2.10. The SMILES string of the molecule is CCOc1cc(N=Nc2ccc(S(=O)(=O)[O-])cc2)ccc1O.[Na+]. The molecule has 0 aliphatic carbocycles. The Morgan fingerprint density at radius 2 is 1.65 bits per heavy atom. The van der Waals surface area contributed by atoms with Gasteiger partial charge in [-0.05, 0) is 43.3 Å². The second-order valence-electron chi connectivity index (χ2n) is 4.23. The number of hydrogen-bond acceptors (Lipinski definition) is 7. The third-order valence-electron chi connectivity index (χ3n) is 2.65. The van der Waals surface area contributed by atoms with Crippen LogP contribution < -0.4 is 34.3 Å².